The molecule has 2 aromatic rings. The lowest BCUT2D eigenvalue weighted by atomic mass is 10.1. The second-order valence-electron chi connectivity index (χ2n) is 7.05. The van der Waals surface area contributed by atoms with Crippen molar-refractivity contribution in [1.29, 1.82) is 0 Å². The Bertz CT molecular complexity index is 887. The van der Waals surface area contributed by atoms with Crippen molar-refractivity contribution in [2.45, 2.75) is 40.2 Å². The third kappa shape index (κ3) is 6.71. The molecule has 0 bridgehead atoms. The van der Waals surface area contributed by atoms with E-state index in [1.807, 2.05) is 63.2 Å². The van der Waals surface area contributed by atoms with Gasteiger partial charge in [-0.1, -0.05) is 35.9 Å². The molecule has 2 rings (SSSR count). The van der Waals surface area contributed by atoms with Crippen LogP contribution < -0.4 is 9.62 Å². The summed E-state index contributed by atoms with van der Waals surface area (Å²) in [6.07, 6.45) is 1.94. The molecule has 0 atom stereocenters. The van der Waals surface area contributed by atoms with Crippen molar-refractivity contribution in [1.82, 2.24) is 5.32 Å². The molecule has 0 spiro atoms. The zero-order valence-corrected chi connectivity index (χ0v) is 17.3. The molecule has 5 nitrogen and oxygen atoms in total. The van der Waals surface area contributed by atoms with Crippen LogP contribution in [0.1, 0.15) is 35.1 Å². The minimum Gasteiger partial charge on any atom is -0.352 e. The van der Waals surface area contributed by atoms with Crippen LogP contribution in [-0.2, 0) is 21.4 Å². The van der Waals surface area contributed by atoms with Gasteiger partial charge in [0.15, 0.2) is 0 Å². The Morgan fingerprint density at radius 2 is 1.67 bits per heavy atom. The van der Waals surface area contributed by atoms with Crippen LogP contribution in [0, 0.1) is 20.8 Å². The largest absolute Gasteiger partial charge is 0.352 e. The Hall–Kier alpha value is -2.34. The Morgan fingerprint density at radius 3 is 2.26 bits per heavy atom. The summed E-state index contributed by atoms with van der Waals surface area (Å²) >= 11 is 0. The summed E-state index contributed by atoms with van der Waals surface area (Å²) < 4.78 is 25.8. The van der Waals surface area contributed by atoms with Crippen LogP contribution in [0.3, 0.4) is 0 Å². The van der Waals surface area contributed by atoms with Crippen molar-refractivity contribution in [3.63, 3.8) is 0 Å². The number of hydrogen-bond donors (Lipinski definition) is 1. The average Bonchev–Trinajstić information content (AvgIpc) is 2.55. The third-order valence-electron chi connectivity index (χ3n) is 4.23. The zero-order valence-electron chi connectivity index (χ0n) is 16.5. The molecule has 0 saturated heterocycles. The Kier molecular flexibility index (Phi) is 7.02. The number of amides is 1. The summed E-state index contributed by atoms with van der Waals surface area (Å²) in [5.74, 6) is -0.0784. The number of hydrogen-bond acceptors (Lipinski definition) is 3. The Morgan fingerprint density at radius 1 is 1.00 bits per heavy atom. The van der Waals surface area contributed by atoms with E-state index < -0.39 is 10.0 Å². The lowest BCUT2D eigenvalue weighted by molar-refractivity contribution is -0.121. The van der Waals surface area contributed by atoms with Gasteiger partial charge in [0.05, 0.1) is 11.9 Å². The van der Waals surface area contributed by atoms with E-state index in [2.05, 4.69) is 5.32 Å². The minimum absolute atomic E-state index is 0.0784. The first kappa shape index (κ1) is 21.0. The molecule has 0 radical (unpaired) electrons. The monoisotopic (exact) mass is 388 g/mol. The molecule has 0 saturated carbocycles. The summed E-state index contributed by atoms with van der Waals surface area (Å²) in [6.45, 7) is 6.65. The first-order chi connectivity index (χ1) is 12.6. The minimum atomic E-state index is -3.41. The fraction of sp³-hybridized carbons (Fsp3) is 0.381. The van der Waals surface area contributed by atoms with Crippen LogP contribution in [0.25, 0.3) is 0 Å². The van der Waals surface area contributed by atoms with E-state index in [0.717, 1.165) is 22.3 Å². The molecule has 0 heterocycles. The number of sulfonamides is 1. The molecule has 27 heavy (non-hydrogen) atoms. The molecule has 0 aromatic heterocycles. The van der Waals surface area contributed by atoms with Gasteiger partial charge in [0, 0.05) is 19.5 Å². The highest BCUT2D eigenvalue weighted by atomic mass is 32.2. The van der Waals surface area contributed by atoms with Gasteiger partial charge >= 0.3 is 0 Å². The number of carbonyl (C=O) groups is 1. The fourth-order valence-corrected chi connectivity index (χ4v) is 4.02. The van der Waals surface area contributed by atoms with Crippen molar-refractivity contribution in [3.8, 4) is 0 Å². The van der Waals surface area contributed by atoms with Crippen LogP contribution in [-0.4, -0.2) is 27.1 Å². The number of benzene rings is 2. The molecule has 1 N–H and O–H groups in total. The van der Waals surface area contributed by atoms with Gasteiger partial charge < -0.3 is 5.32 Å². The molecule has 1 amide bonds. The SMILES string of the molecule is Cc1cccc(CNC(=O)CCCN(c2cc(C)cc(C)c2)S(C)(=O)=O)c1. The van der Waals surface area contributed by atoms with Gasteiger partial charge in [-0.3, -0.25) is 9.10 Å². The second-order valence-corrected chi connectivity index (χ2v) is 8.96. The van der Waals surface area contributed by atoms with E-state index in [9.17, 15) is 13.2 Å². The van der Waals surface area contributed by atoms with E-state index in [1.165, 1.54) is 10.6 Å². The highest BCUT2D eigenvalue weighted by molar-refractivity contribution is 7.92. The average molecular weight is 389 g/mol. The van der Waals surface area contributed by atoms with Crippen LogP contribution in [0.2, 0.25) is 0 Å². The summed E-state index contributed by atoms with van der Waals surface area (Å²) in [5, 5.41) is 2.89. The van der Waals surface area contributed by atoms with Crippen molar-refractivity contribution >= 4 is 21.6 Å². The highest BCUT2D eigenvalue weighted by Crippen LogP contribution is 2.21. The fourth-order valence-electron chi connectivity index (χ4n) is 3.08. The van der Waals surface area contributed by atoms with Crippen molar-refractivity contribution < 1.29 is 13.2 Å². The number of anilines is 1. The van der Waals surface area contributed by atoms with Gasteiger partial charge in [0.25, 0.3) is 0 Å². The second kappa shape index (κ2) is 9.04. The summed E-state index contributed by atoms with van der Waals surface area (Å²) in [4.78, 5) is 12.1. The van der Waals surface area contributed by atoms with Crippen molar-refractivity contribution in [3.05, 3.63) is 64.7 Å². The molecular weight excluding hydrogens is 360 g/mol. The maximum Gasteiger partial charge on any atom is 0.232 e. The van der Waals surface area contributed by atoms with Gasteiger partial charge in [-0.15, -0.1) is 0 Å². The zero-order chi connectivity index (χ0) is 20.0. The van der Waals surface area contributed by atoms with Gasteiger partial charge in [-0.05, 0) is 56.0 Å². The first-order valence-electron chi connectivity index (χ1n) is 9.03. The van der Waals surface area contributed by atoms with Crippen molar-refractivity contribution in [2.24, 2.45) is 0 Å². The molecule has 2 aromatic carbocycles. The van der Waals surface area contributed by atoms with Crippen LogP contribution in [0.5, 0.6) is 0 Å². The lowest BCUT2D eigenvalue weighted by Gasteiger charge is -2.23. The number of aryl methyl sites for hydroxylation is 3. The Labute approximate surface area is 162 Å². The smallest absolute Gasteiger partial charge is 0.232 e. The van der Waals surface area contributed by atoms with Crippen LogP contribution in [0.15, 0.2) is 42.5 Å². The quantitative estimate of drug-likeness (QED) is 0.753. The maximum absolute atomic E-state index is 12.2. The summed E-state index contributed by atoms with van der Waals surface area (Å²) in [5.41, 5.74) is 4.87. The highest BCUT2D eigenvalue weighted by Gasteiger charge is 2.18. The Balaban J connectivity index is 1.92. The normalized spacial score (nSPS) is 11.3. The maximum atomic E-state index is 12.2. The molecule has 0 fully saturated rings. The molecule has 0 aliphatic carbocycles. The van der Waals surface area contributed by atoms with E-state index in [1.54, 1.807) is 0 Å². The predicted molar refractivity (Wildman–Crippen MR) is 110 cm³/mol. The predicted octanol–water partition coefficient (Wildman–Crippen LogP) is 3.47. The molecule has 0 unspecified atom stereocenters. The van der Waals surface area contributed by atoms with E-state index in [-0.39, 0.29) is 18.9 Å². The van der Waals surface area contributed by atoms with E-state index in [4.69, 9.17) is 0 Å². The lowest BCUT2D eigenvalue weighted by Crippen LogP contribution is -2.32. The van der Waals surface area contributed by atoms with Gasteiger partial charge in [0.1, 0.15) is 0 Å². The van der Waals surface area contributed by atoms with Crippen LogP contribution >= 0.6 is 0 Å². The molecule has 0 aliphatic rings. The first-order valence-corrected chi connectivity index (χ1v) is 10.9. The molecular formula is C21H28N2O3S. The van der Waals surface area contributed by atoms with Crippen molar-refractivity contribution in [2.75, 3.05) is 17.1 Å². The molecule has 6 heteroatoms. The summed E-state index contributed by atoms with van der Waals surface area (Å²) in [7, 11) is -3.41. The van der Waals surface area contributed by atoms with Gasteiger partial charge in [-0.25, -0.2) is 8.42 Å². The van der Waals surface area contributed by atoms with E-state index in [0.29, 0.717) is 18.7 Å². The van der Waals surface area contributed by atoms with E-state index >= 15 is 0 Å². The van der Waals surface area contributed by atoms with Crippen LogP contribution in [0.4, 0.5) is 5.69 Å². The number of nitrogens with zero attached hydrogens (tertiary/aromatic N) is 1. The number of nitrogens with one attached hydrogen (secondary N) is 1. The third-order valence-corrected chi connectivity index (χ3v) is 5.43. The topological polar surface area (TPSA) is 66.5 Å². The number of rotatable bonds is 8. The standard InChI is InChI=1S/C21H28N2O3S/c1-16-7-5-8-19(12-16)15-22-21(24)9-6-10-23(27(4,25)26)20-13-17(2)11-18(3)14-20/h5,7-8,11-14H,6,9-10,15H2,1-4H3,(H,22,24). The molecule has 0 aliphatic heterocycles. The summed E-state index contributed by atoms with van der Waals surface area (Å²) in [6, 6.07) is 13.7. The molecule has 146 valence electrons. The number of carbonyl (C=O) groups excluding carboxylic acids is 1. The van der Waals surface area contributed by atoms with Gasteiger partial charge in [0.2, 0.25) is 15.9 Å². The van der Waals surface area contributed by atoms with Gasteiger partial charge in [-0.2, -0.15) is 0 Å².